The number of nitrogens with one attached hydrogen (secondary N) is 1. The van der Waals surface area contributed by atoms with Gasteiger partial charge in [0.05, 0.1) is 13.5 Å². The molecular weight excluding hydrogens is 272 g/mol. The van der Waals surface area contributed by atoms with Crippen molar-refractivity contribution < 1.29 is 9.53 Å². The van der Waals surface area contributed by atoms with Crippen LogP contribution in [0, 0.1) is 0 Å². The Morgan fingerprint density at radius 3 is 3.11 bits per heavy atom. The first-order valence-corrected chi connectivity index (χ1v) is 7.25. The minimum atomic E-state index is -0.248. The van der Waals surface area contributed by atoms with Crippen molar-refractivity contribution in [2.75, 3.05) is 25.2 Å². The molecule has 0 fully saturated rings. The van der Waals surface area contributed by atoms with Gasteiger partial charge < -0.3 is 10.1 Å². The van der Waals surface area contributed by atoms with Crippen molar-refractivity contribution in [2.24, 2.45) is 0 Å². The summed E-state index contributed by atoms with van der Waals surface area (Å²) < 4.78 is 6.43. The van der Waals surface area contributed by atoms with E-state index in [4.69, 9.17) is 0 Å². The summed E-state index contributed by atoms with van der Waals surface area (Å²) in [4.78, 5) is 23.6. The second-order valence-corrected chi connectivity index (χ2v) is 5.36. The molecule has 0 bridgehead atoms. The number of ether oxygens (including phenoxy) is 1. The quantitative estimate of drug-likeness (QED) is 0.662. The Morgan fingerprint density at radius 2 is 2.39 bits per heavy atom. The number of thiazole rings is 1. The van der Waals surface area contributed by atoms with Gasteiger partial charge in [0.25, 0.3) is 0 Å². The zero-order valence-corrected chi connectivity index (χ0v) is 11.6. The lowest BCUT2D eigenvalue weighted by molar-refractivity contribution is -0.140. The molecule has 0 aliphatic carbocycles. The lowest BCUT2D eigenvalue weighted by atomic mass is 10.4. The Balaban J connectivity index is 2.12. The first-order chi connectivity index (χ1) is 8.74. The minimum absolute atomic E-state index is 0.248. The molecule has 0 saturated carbocycles. The molecule has 2 heterocycles. The number of esters is 1. The number of nitrogens with zero attached hydrogens (tertiary/aromatic N) is 3. The topological polar surface area (TPSA) is 77.0 Å². The van der Waals surface area contributed by atoms with E-state index in [9.17, 15) is 4.79 Å². The van der Waals surface area contributed by atoms with Crippen molar-refractivity contribution in [2.45, 2.75) is 10.8 Å². The van der Waals surface area contributed by atoms with Crippen LogP contribution in [0.15, 0.2) is 10.7 Å². The molecule has 0 radical (unpaired) electrons. The van der Waals surface area contributed by atoms with Crippen molar-refractivity contribution in [3.05, 3.63) is 6.33 Å². The van der Waals surface area contributed by atoms with Gasteiger partial charge >= 0.3 is 5.97 Å². The van der Waals surface area contributed by atoms with Gasteiger partial charge in [-0.05, 0) is 6.26 Å². The van der Waals surface area contributed by atoms with Gasteiger partial charge in [-0.3, -0.25) is 4.79 Å². The van der Waals surface area contributed by atoms with Crippen LogP contribution in [0.4, 0.5) is 5.82 Å². The van der Waals surface area contributed by atoms with Gasteiger partial charge in [0, 0.05) is 6.54 Å². The van der Waals surface area contributed by atoms with Crippen LogP contribution >= 0.6 is 23.1 Å². The normalized spacial score (nSPS) is 10.6. The molecule has 1 N–H and O–H groups in total. The third-order valence-corrected chi connectivity index (χ3v) is 4.23. The van der Waals surface area contributed by atoms with Crippen LogP contribution in [-0.2, 0) is 9.53 Å². The Hall–Kier alpha value is -1.41. The molecule has 6 nitrogen and oxygen atoms in total. The van der Waals surface area contributed by atoms with Crippen molar-refractivity contribution in [3.8, 4) is 0 Å². The molecule has 0 aromatic carbocycles. The van der Waals surface area contributed by atoms with Crippen LogP contribution in [-0.4, -0.2) is 40.8 Å². The van der Waals surface area contributed by atoms with Gasteiger partial charge in [0.15, 0.2) is 9.99 Å². The van der Waals surface area contributed by atoms with E-state index in [0.717, 1.165) is 9.04 Å². The van der Waals surface area contributed by atoms with Gasteiger partial charge in [0.1, 0.15) is 16.8 Å². The summed E-state index contributed by atoms with van der Waals surface area (Å²) in [5, 5.41) is 3.10. The molecule has 8 heteroatoms. The highest BCUT2D eigenvalue weighted by atomic mass is 32.2. The molecule has 0 amide bonds. The largest absolute Gasteiger partial charge is 0.469 e. The third-order valence-electron chi connectivity index (χ3n) is 2.20. The van der Waals surface area contributed by atoms with Gasteiger partial charge in [0.2, 0.25) is 0 Å². The van der Waals surface area contributed by atoms with Gasteiger partial charge in [-0.1, -0.05) is 11.8 Å². The first kappa shape index (κ1) is 13.0. The predicted octanol–water partition coefficient (Wildman–Crippen LogP) is 1.78. The van der Waals surface area contributed by atoms with Crippen LogP contribution in [0.1, 0.15) is 6.42 Å². The number of thioether (sulfide) groups is 1. The molecule has 18 heavy (non-hydrogen) atoms. The van der Waals surface area contributed by atoms with E-state index in [1.54, 1.807) is 11.8 Å². The highest BCUT2D eigenvalue weighted by Crippen LogP contribution is 2.30. The number of anilines is 1. The van der Waals surface area contributed by atoms with E-state index >= 15 is 0 Å². The summed E-state index contributed by atoms with van der Waals surface area (Å²) in [5.41, 5.74) is 0.680. The Kier molecular flexibility index (Phi) is 4.32. The van der Waals surface area contributed by atoms with E-state index in [1.165, 1.54) is 24.8 Å². The number of aromatic nitrogens is 3. The number of rotatable bonds is 5. The molecule has 2 rings (SSSR count). The fraction of sp³-hybridized carbons (Fsp3) is 0.400. The fourth-order valence-corrected chi connectivity index (χ4v) is 2.81. The van der Waals surface area contributed by atoms with Gasteiger partial charge in [-0.2, -0.15) is 0 Å². The van der Waals surface area contributed by atoms with Crippen molar-refractivity contribution in [3.63, 3.8) is 0 Å². The van der Waals surface area contributed by atoms with E-state index in [-0.39, 0.29) is 5.97 Å². The molecule has 0 unspecified atom stereocenters. The van der Waals surface area contributed by atoms with Crippen LogP contribution in [0.5, 0.6) is 0 Å². The lowest BCUT2D eigenvalue weighted by Gasteiger charge is -2.04. The monoisotopic (exact) mass is 284 g/mol. The van der Waals surface area contributed by atoms with Crippen molar-refractivity contribution >= 4 is 45.2 Å². The average Bonchev–Trinajstić information content (AvgIpc) is 2.82. The van der Waals surface area contributed by atoms with Gasteiger partial charge in [-0.15, -0.1) is 11.3 Å². The van der Waals surface area contributed by atoms with Crippen LogP contribution in [0.3, 0.4) is 0 Å². The molecule has 96 valence electrons. The SMILES string of the molecule is COC(=O)CCNc1ncnc2nc(SC)sc12. The summed E-state index contributed by atoms with van der Waals surface area (Å²) in [7, 11) is 1.37. The number of fused-ring (bicyclic) bond motifs is 1. The van der Waals surface area contributed by atoms with E-state index in [2.05, 4.69) is 25.0 Å². The summed E-state index contributed by atoms with van der Waals surface area (Å²) in [6.07, 6.45) is 3.73. The third kappa shape index (κ3) is 2.88. The first-order valence-electron chi connectivity index (χ1n) is 5.21. The molecule has 2 aromatic rings. The van der Waals surface area contributed by atoms with E-state index in [1.807, 2.05) is 6.26 Å². The second-order valence-electron chi connectivity index (χ2n) is 3.31. The molecule has 0 spiro atoms. The predicted molar refractivity (Wildman–Crippen MR) is 72.1 cm³/mol. The zero-order valence-electron chi connectivity index (χ0n) is 9.97. The second kappa shape index (κ2) is 5.96. The maximum atomic E-state index is 11.0. The highest BCUT2D eigenvalue weighted by Gasteiger charge is 2.10. The molecule has 0 aliphatic rings. The molecular formula is C10H12N4O2S2. The Labute approximate surface area is 112 Å². The highest BCUT2D eigenvalue weighted by molar-refractivity contribution is 8.00. The fourth-order valence-electron chi connectivity index (χ4n) is 1.33. The van der Waals surface area contributed by atoms with Crippen molar-refractivity contribution in [1.82, 2.24) is 15.0 Å². The lowest BCUT2D eigenvalue weighted by Crippen LogP contribution is -2.10. The summed E-state index contributed by atoms with van der Waals surface area (Å²) in [5.74, 6) is 0.462. The summed E-state index contributed by atoms with van der Waals surface area (Å²) in [6, 6.07) is 0. The maximum Gasteiger partial charge on any atom is 0.307 e. The van der Waals surface area contributed by atoms with Gasteiger partial charge in [-0.25, -0.2) is 15.0 Å². The number of hydrogen-bond donors (Lipinski definition) is 1. The molecule has 0 atom stereocenters. The van der Waals surface area contributed by atoms with Crippen LogP contribution < -0.4 is 5.32 Å². The summed E-state index contributed by atoms with van der Waals surface area (Å²) in [6.45, 7) is 0.477. The zero-order chi connectivity index (χ0) is 13.0. The molecule has 2 aromatic heterocycles. The average molecular weight is 284 g/mol. The number of hydrogen-bond acceptors (Lipinski definition) is 8. The number of methoxy groups -OCH3 is 1. The number of carbonyl (C=O) groups excluding carboxylic acids is 1. The minimum Gasteiger partial charge on any atom is -0.469 e. The van der Waals surface area contributed by atoms with E-state index < -0.39 is 0 Å². The van der Waals surface area contributed by atoms with Crippen LogP contribution in [0.25, 0.3) is 10.3 Å². The number of carbonyl (C=O) groups is 1. The summed E-state index contributed by atoms with van der Waals surface area (Å²) >= 11 is 3.11. The Morgan fingerprint density at radius 1 is 1.56 bits per heavy atom. The van der Waals surface area contributed by atoms with E-state index in [0.29, 0.717) is 24.4 Å². The maximum absolute atomic E-state index is 11.0. The van der Waals surface area contributed by atoms with Crippen LogP contribution in [0.2, 0.25) is 0 Å². The Bertz CT molecular complexity index is 558. The van der Waals surface area contributed by atoms with Crippen molar-refractivity contribution in [1.29, 1.82) is 0 Å². The smallest absolute Gasteiger partial charge is 0.307 e. The molecule has 0 saturated heterocycles. The standard InChI is InChI=1S/C10H12N4O2S2/c1-16-6(15)3-4-11-8-7-9(13-5-12-8)14-10(17-2)18-7/h5H,3-4H2,1-2H3,(H,11,12,13). The molecule has 0 aliphatic heterocycles.